The summed E-state index contributed by atoms with van der Waals surface area (Å²) in [6.45, 7) is 3.61. The van der Waals surface area contributed by atoms with Crippen LogP contribution in [0.4, 0.5) is 0 Å². The Balaban J connectivity index is 2.06. The lowest BCUT2D eigenvalue weighted by Gasteiger charge is -2.29. The monoisotopic (exact) mass is 309 g/mol. The second kappa shape index (κ2) is 5.29. The first-order valence-corrected chi connectivity index (χ1v) is 7.06. The van der Waals surface area contributed by atoms with Crippen LogP contribution >= 0.6 is 0 Å². The number of fused-ring (bicyclic) bond motifs is 1. The molecule has 0 unspecified atom stereocenters. The van der Waals surface area contributed by atoms with Crippen molar-refractivity contribution in [2.75, 3.05) is 0 Å². The molecule has 116 valence electrons. The maximum atomic E-state index is 11.7. The van der Waals surface area contributed by atoms with E-state index in [0.29, 0.717) is 28.5 Å². The molecule has 0 fully saturated rings. The van der Waals surface area contributed by atoms with E-state index in [-0.39, 0.29) is 5.56 Å². The summed E-state index contributed by atoms with van der Waals surface area (Å²) >= 11 is 0. The van der Waals surface area contributed by atoms with Gasteiger partial charge >= 0.3 is 0 Å². The van der Waals surface area contributed by atoms with Crippen molar-refractivity contribution in [3.63, 3.8) is 0 Å². The Morgan fingerprint density at radius 2 is 2.09 bits per heavy atom. The second-order valence-corrected chi connectivity index (χ2v) is 5.70. The van der Waals surface area contributed by atoms with Gasteiger partial charge in [-0.2, -0.15) is 5.26 Å². The van der Waals surface area contributed by atoms with Gasteiger partial charge in [-0.15, -0.1) is 0 Å². The van der Waals surface area contributed by atoms with Gasteiger partial charge in [0.05, 0.1) is 17.2 Å². The van der Waals surface area contributed by atoms with Crippen molar-refractivity contribution >= 4 is 5.90 Å². The Labute approximate surface area is 133 Å². The molecule has 0 N–H and O–H groups in total. The van der Waals surface area contributed by atoms with E-state index in [4.69, 9.17) is 14.7 Å². The molecule has 6 nitrogen and oxygen atoms in total. The summed E-state index contributed by atoms with van der Waals surface area (Å²) in [6, 6.07) is 10.2. The van der Waals surface area contributed by atoms with E-state index in [1.165, 1.54) is 10.6 Å². The van der Waals surface area contributed by atoms with Crippen LogP contribution in [-0.4, -0.2) is 16.2 Å². The summed E-state index contributed by atoms with van der Waals surface area (Å²) in [4.78, 5) is 16.2. The van der Waals surface area contributed by atoms with Crippen LogP contribution in [0.3, 0.4) is 0 Å². The molecule has 0 bridgehead atoms. The Kier molecular flexibility index (Phi) is 3.41. The minimum atomic E-state index is -0.795. The van der Waals surface area contributed by atoms with Gasteiger partial charge in [-0.25, -0.2) is 4.99 Å². The Morgan fingerprint density at radius 1 is 1.30 bits per heavy atom. The summed E-state index contributed by atoms with van der Waals surface area (Å²) in [5, 5.41) is 9.07. The number of pyridine rings is 1. The molecule has 2 heterocycles. The molecule has 0 saturated carbocycles. The van der Waals surface area contributed by atoms with Gasteiger partial charge < -0.3 is 14.0 Å². The minimum absolute atomic E-state index is 0.180. The topological polar surface area (TPSA) is 76.6 Å². The van der Waals surface area contributed by atoms with Gasteiger partial charge in [0.2, 0.25) is 5.90 Å². The third-order valence-corrected chi connectivity index (χ3v) is 3.36. The molecule has 1 aromatic carbocycles. The predicted molar refractivity (Wildman–Crippen MR) is 84.7 cm³/mol. The van der Waals surface area contributed by atoms with Gasteiger partial charge in [0.25, 0.3) is 5.56 Å². The molecule has 0 aliphatic carbocycles. The van der Waals surface area contributed by atoms with Crippen LogP contribution in [-0.2, 0) is 7.05 Å². The number of ether oxygens (including phenoxy) is 2. The molecule has 1 aliphatic rings. The smallest absolute Gasteiger partial charge is 0.253 e. The quantitative estimate of drug-likeness (QED) is 0.809. The van der Waals surface area contributed by atoms with E-state index in [0.717, 1.165) is 0 Å². The lowest BCUT2D eigenvalue weighted by molar-refractivity contribution is 0.112. The molecule has 23 heavy (non-hydrogen) atoms. The van der Waals surface area contributed by atoms with Gasteiger partial charge in [0.1, 0.15) is 11.5 Å². The molecule has 0 atom stereocenters. The molecule has 2 aromatic rings. The molecule has 3 rings (SSSR count). The Bertz CT molecular complexity index is 904. The molecule has 6 heteroatoms. The summed E-state index contributed by atoms with van der Waals surface area (Å²) in [6.07, 6.45) is 1.62. The van der Waals surface area contributed by atoms with E-state index in [2.05, 4.69) is 11.1 Å². The number of hydrogen-bond donors (Lipinski definition) is 0. The second-order valence-electron chi connectivity index (χ2n) is 5.70. The van der Waals surface area contributed by atoms with Crippen molar-refractivity contribution in [2.24, 2.45) is 12.0 Å². The molecule has 1 aliphatic heterocycles. The first kappa shape index (κ1) is 14.9. The number of aryl methyl sites for hydroxylation is 1. The van der Waals surface area contributed by atoms with Crippen LogP contribution < -0.4 is 15.0 Å². The normalized spacial score (nSPS) is 15.0. The van der Waals surface area contributed by atoms with E-state index >= 15 is 0 Å². The molecule has 0 spiro atoms. The van der Waals surface area contributed by atoms with Crippen LogP contribution in [0.25, 0.3) is 0 Å². The van der Waals surface area contributed by atoms with Crippen molar-refractivity contribution in [3.8, 4) is 17.6 Å². The average Bonchev–Trinajstić information content (AvgIpc) is 2.49. The van der Waals surface area contributed by atoms with Crippen molar-refractivity contribution in [3.05, 3.63) is 58.0 Å². The van der Waals surface area contributed by atoms with Crippen LogP contribution in [0.5, 0.6) is 11.5 Å². The van der Waals surface area contributed by atoms with Crippen molar-refractivity contribution in [1.29, 1.82) is 5.26 Å². The number of rotatable bonds is 1. The van der Waals surface area contributed by atoms with E-state index in [1.807, 2.05) is 13.8 Å². The lowest BCUT2D eigenvalue weighted by atomic mass is 10.1. The van der Waals surface area contributed by atoms with E-state index in [9.17, 15) is 4.79 Å². The SMILES string of the molecule is Cn1ccc(OC2=NC(C)(C)Oc3ccc(C#N)cc32)cc1=O. The van der Waals surface area contributed by atoms with Crippen LogP contribution in [0.1, 0.15) is 25.0 Å². The summed E-state index contributed by atoms with van der Waals surface area (Å²) in [5.41, 5.74) is 0.0905. The van der Waals surface area contributed by atoms with E-state index < -0.39 is 5.72 Å². The van der Waals surface area contributed by atoms with Crippen LogP contribution in [0.2, 0.25) is 0 Å². The third kappa shape index (κ3) is 2.94. The standard InChI is InChI=1S/C17H15N3O3/c1-17(2)19-16(22-12-6-7-20(3)15(21)9-12)13-8-11(10-18)4-5-14(13)23-17/h4-9H,1-3H3. The molecular formula is C17H15N3O3. The third-order valence-electron chi connectivity index (χ3n) is 3.36. The summed E-state index contributed by atoms with van der Waals surface area (Å²) in [7, 11) is 1.66. The lowest BCUT2D eigenvalue weighted by Crippen LogP contribution is -2.34. The molecule has 0 amide bonds. The fourth-order valence-corrected chi connectivity index (χ4v) is 2.24. The minimum Gasteiger partial charge on any atom is -0.466 e. The first-order valence-electron chi connectivity index (χ1n) is 7.06. The number of nitriles is 1. The number of nitrogens with zero attached hydrogens (tertiary/aromatic N) is 3. The molecule has 1 aromatic heterocycles. The molecule has 0 saturated heterocycles. The average molecular weight is 309 g/mol. The molecule has 0 radical (unpaired) electrons. The van der Waals surface area contributed by atoms with Crippen LogP contribution in [0.15, 0.2) is 46.3 Å². The fraction of sp³-hybridized carbons (Fsp3) is 0.235. The summed E-state index contributed by atoms with van der Waals surface area (Å²) < 4.78 is 13.0. The fourth-order valence-electron chi connectivity index (χ4n) is 2.24. The van der Waals surface area contributed by atoms with Gasteiger partial charge in [0.15, 0.2) is 5.72 Å². The number of hydrogen-bond acceptors (Lipinski definition) is 5. The van der Waals surface area contributed by atoms with Crippen molar-refractivity contribution < 1.29 is 9.47 Å². The van der Waals surface area contributed by atoms with Gasteiger partial charge in [-0.3, -0.25) is 4.79 Å². The maximum absolute atomic E-state index is 11.7. The highest BCUT2D eigenvalue weighted by molar-refractivity contribution is 5.99. The highest BCUT2D eigenvalue weighted by Gasteiger charge is 2.29. The highest BCUT2D eigenvalue weighted by Crippen LogP contribution is 2.31. The largest absolute Gasteiger partial charge is 0.466 e. The Morgan fingerprint density at radius 3 is 2.78 bits per heavy atom. The zero-order valence-corrected chi connectivity index (χ0v) is 13.0. The van der Waals surface area contributed by atoms with Gasteiger partial charge in [-0.05, 0) is 38.1 Å². The number of aliphatic imine (C=N–C) groups is 1. The van der Waals surface area contributed by atoms with Crippen LogP contribution in [0, 0.1) is 11.3 Å². The Hall–Kier alpha value is -3.07. The number of aromatic nitrogens is 1. The van der Waals surface area contributed by atoms with Gasteiger partial charge in [-0.1, -0.05) is 0 Å². The summed E-state index contributed by atoms with van der Waals surface area (Å²) in [5.74, 6) is 1.29. The zero-order valence-electron chi connectivity index (χ0n) is 13.0. The highest BCUT2D eigenvalue weighted by atomic mass is 16.5. The van der Waals surface area contributed by atoms with E-state index in [1.54, 1.807) is 37.5 Å². The zero-order chi connectivity index (χ0) is 16.6. The van der Waals surface area contributed by atoms with Gasteiger partial charge in [0, 0.05) is 19.3 Å². The maximum Gasteiger partial charge on any atom is 0.253 e. The first-order chi connectivity index (χ1) is 10.9. The van der Waals surface area contributed by atoms with Crippen molar-refractivity contribution in [2.45, 2.75) is 19.6 Å². The molecular weight excluding hydrogens is 294 g/mol. The number of benzene rings is 1. The predicted octanol–water partition coefficient (Wildman–Crippen LogP) is 2.21. The van der Waals surface area contributed by atoms with Crippen molar-refractivity contribution in [1.82, 2.24) is 4.57 Å².